The van der Waals surface area contributed by atoms with E-state index < -0.39 is 5.97 Å². The predicted octanol–water partition coefficient (Wildman–Crippen LogP) is 2.67. The van der Waals surface area contributed by atoms with Crippen LogP contribution in [0.25, 0.3) is 6.08 Å². The predicted molar refractivity (Wildman–Crippen MR) is 82.7 cm³/mol. The number of benzene rings is 1. The summed E-state index contributed by atoms with van der Waals surface area (Å²) < 4.78 is 14.5. The number of ether oxygens (including phenoxy) is 2. The van der Waals surface area contributed by atoms with E-state index in [9.17, 15) is 4.79 Å². The number of nitrogens with zero attached hydrogens (tertiary/aromatic N) is 3. The third-order valence-corrected chi connectivity index (χ3v) is 3.28. The number of carbonyl (C=O) groups is 1. The highest BCUT2D eigenvalue weighted by molar-refractivity contribution is 7.03. The molecule has 0 radical (unpaired) electrons. The number of aromatic nitrogens is 2. The average Bonchev–Trinajstić information content (AvgIpc) is 3.10. The Bertz CT molecular complexity index is 734. The van der Waals surface area contributed by atoms with Crippen molar-refractivity contribution in [1.29, 1.82) is 0 Å². The van der Waals surface area contributed by atoms with Crippen LogP contribution in [0.4, 0.5) is 0 Å². The zero-order valence-corrected chi connectivity index (χ0v) is 12.8. The van der Waals surface area contributed by atoms with Crippen LogP contribution in [0, 0.1) is 0 Å². The summed E-state index contributed by atoms with van der Waals surface area (Å²) >= 11 is 1.21. The van der Waals surface area contributed by atoms with Gasteiger partial charge in [-0.1, -0.05) is 4.49 Å². The molecule has 22 heavy (non-hydrogen) atoms. The molecule has 0 saturated heterocycles. The Morgan fingerprint density at radius 2 is 2.05 bits per heavy atom. The first-order valence-corrected chi connectivity index (χ1v) is 7.52. The van der Waals surface area contributed by atoms with Crippen LogP contribution in [0.5, 0.6) is 5.75 Å². The summed E-state index contributed by atoms with van der Waals surface area (Å²) in [5.41, 5.74) is 1.51. The number of hydrogen-bond donors (Lipinski definition) is 0. The topological polar surface area (TPSA) is 73.7 Å². The summed E-state index contributed by atoms with van der Waals surface area (Å²) in [4.78, 5) is 16.0. The van der Waals surface area contributed by atoms with Gasteiger partial charge in [0.25, 0.3) is 0 Å². The number of cyclic esters (lactones) is 1. The monoisotopic (exact) mass is 315 g/mol. The smallest absolute Gasteiger partial charge is 0.363 e. The summed E-state index contributed by atoms with van der Waals surface area (Å²) in [5, 5.41) is 5.58. The van der Waals surface area contributed by atoms with E-state index in [1.807, 2.05) is 26.0 Å². The van der Waals surface area contributed by atoms with Crippen molar-refractivity contribution in [3.63, 3.8) is 0 Å². The highest BCUT2D eigenvalue weighted by atomic mass is 32.1. The Kier molecular flexibility index (Phi) is 3.97. The highest BCUT2D eigenvalue weighted by Gasteiger charge is 2.24. The first-order chi connectivity index (χ1) is 10.6. The largest absolute Gasteiger partial charge is 0.491 e. The van der Waals surface area contributed by atoms with Crippen molar-refractivity contribution in [2.45, 2.75) is 20.0 Å². The van der Waals surface area contributed by atoms with Crippen molar-refractivity contribution in [2.75, 3.05) is 0 Å². The molecule has 7 heteroatoms. The molecule has 2 heterocycles. The van der Waals surface area contributed by atoms with E-state index in [-0.39, 0.29) is 17.7 Å². The lowest BCUT2D eigenvalue weighted by Gasteiger charge is -2.09. The molecule has 112 valence electrons. The lowest BCUT2D eigenvalue weighted by atomic mass is 10.2. The molecule has 0 aliphatic carbocycles. The highest BCUT2D eigenvalue weighted by Crippen LogP contribution is 2.21. The van der Waals surface area contributed by atoms with Crippen molar-refractivity contribution in [3.8, 4) is 5.75 Å². The molecule has 2 aromatic rings. The zero-order valence-electron chi connectivity index (χ0n) is 12.0. The van der Waals surface area contributed by atoms with Gasteiger partial charge in [-0.05, 0) is 55.7 Å². The molecule has 0 N–H and O–H groups in total. The van der Waals surface area contributed by atoms with E-state index in [1.54, 1.807) is 23.6 Å². The van der Waals surface area contributed by atoms with E-state index in [0.717, 1.165) is 5.75 Å². The average molecular weight is 315 g/mol. The fourth-order valence-electron chi connectivity index (χ4n) is 1.86. The van der Waals surface area contributed by atoms with Gasteiger partial charge in [-0.3, -0.25) is 0 Å². The number of rotatable bonds is 4. The molecule has 0 amide bonds. The van der Waals surface area contributed by atoms with Crippen LogP contribution in [-0.2, 0) is 9.53 Å². The van der Waals surface area contributed by atoms with Gasteiger partial charge in [0.1, 0.15) is 11.4 Å². The van der Waals surface area contributed by atoms with Crippen molar-refractivity contribution >= 4 is 29.5 Å². The van der Waals surface area contributed by atoms with Crippen molar-refractivity contribution in [2.24, 2.45) is 4.99 Å². The number of aliphatic imine (C=N–C) groups is 1. The number of carbonyl (C=O) groups excluding carboxylic acids is 1. The van der Waals surface area contributed by atoms with Crippen LogP contribution in [0.1, 0.15) is 25.1 Å². The normalized spacial score (nSPS) is 16.0. The van der Waals surface area contributed by atoms with Gasteiger partial charge in [0, 0.05) is 10.9 Å². The zero-order chi connectivity index (χ0) is 15.5. The van der Waals surface area contributed by atoms with Gasteiger partial charge in [-0.15, -0.1) is 5.10 Å². The molecule has 0 saturated carbocycles. The number of esters is 1. The third-order valence-electron chi connectivity index (χ3n) is 2.76. The molecule has 0 atom stereocenters. The van der Waals surface area contributed by atoms with Crippen molar-refractivity contribution < 1.29 is 14.3 Å². The maximum absolute atomic E-state index is 11.8. The Labute approximate surface area is 131 Å². The lowest BCUT2D eigenvalue weighted by molar-refractivity contribution is -0.129. The Balaban J connectivity index is 1.82. The summed E-state index contributed by atoms with van der Waals surface area (Å²) in [6, 6.07) is 7.24. The first kappa shape index (κ1) is 14.4. The first-order valence-electron chi connectivity index (χ1n) is 6.68. The molecule has 1 aliphatic heterocycles. The van der Waals surface area contributed by atoms with Gasteiger partial charge in [0.05, 0.1) is 6.10 Å². The molecule has 0 fully saturated rings. The minimum atomic E-state index is -0.495. The lowest BCUT2D eigenvalue weighted by Crippen LogP contribution is -2.07. The molecule has 3 rings (SSSR count). The molecular formula is C15H13N3O3S. The maximum Gasteiger partial charge on any atom is 0.363 e. The summed E-state index contributed by atoms with van der Waals surface area (Å²) in [5.74, 6) is 0.536. The summed E-state index contributed by atoms with van der Waals surface area (Å²) in [7, 11) is 0. The second-order valence-electron chi connectivity index (χ2n) is 4.86. The van der Waals surface area contributed by atoms with Gasteiger partial charge in [0.15, 0.2) is 5.70 Å². The maximum atomic E-state index is 11.8. The molecule has 0 spiro atoms. The van der Waals surface area contributed by atoms with Crippen LogP contribution >= 0.6 is 11.5 Å². The Morgan fingerprint density at radius 1 is 1.27 bits per heavy atom. The standard InChI is InChI=1S/C15H13N3O3S/c1-9(2)20-12-5-3-10(4-6-12)14-16-13(15(19)21-14)7-11-8-22-18-17-11/h3-9H,1-2H3/b13-7-. The Hall–Kier alpha value is -2.54. The SMILES string of the molecule is CC(C)Oc1ccc(C2=N/C(=C\c3csnn3)C(=O)O2)cc1. The van der Waals surface area contributed by atoms with Gasteiger partial charge in [-0.2, -0.15) is 0 Å². The minimum Gasteiger partial charge on any atom is -0.491 e. The second kappa shape index (κ2) is 6.07. The number of hydrogen-bond acceptors (Lipinski definition) is 7. The van der Waals surface area contributed by atoms with Crippen LogP contribution in [-0.4, -0.2) is 27.6 Å². The van der Waals surface area contributed by atoms with Crippen LogP contribution in [0.2, 0.25) is 0 Å². The van der Waals surface area contributed by atoms with E-state index in [1.165, 1.54) is 11.5 Å². The molecule has 1 aliphatic rings. The van der Waals surface area contributed by atoms with Crippen molar-refractivity contribution in [1.82, 2.24) is 9.59 Å². The third kappa shape index (κ3) is 3.20. The molecule has 0 bridgehead atoms. The second-order valence-corrected chi connectivity index (χ2v) is 5.47. The molecule has 1 aromatic carbocycles. The van der Waals surface area contributed by atoms with E-state index in [4.69, 9.17) is 9.47 Å². The summed E-state index contributed by atoms with van der Waals surface area (Å²) in [6.45, 7) is 3.92. The summed E-state index contributed by atoms with van der Waals surface area (Å²) in [6.07, 6.45) is 1.66. The van der Waals surface area contributed by atoms with E-state index in [0.29, 0.717) is 11.3 Å². The van der Waals surface area contributed by atoms with Crippen LogP contribution < -0.4 is 4.74 Å². The fourth-order valence-corrected chi connectivity index (χ4v) is 2.27. The minimum absolute atomic E-state index is 0.105. The van der Waals surface area contributed by atoms with Crippen LogP contribution in [0.15, 0.2) is 40.3 Å². The molecular weight excluding hydrogens is 302 g/mol. The van der Waals surface area contributed by atoms with Gasteiger partial charge < -0.3 is 9.47 Å². The van der Waals surface area contributed by atoms with E-state index >= 15 is 0 Å². The molecule has 0 unspecified atom stereocenters. The fraction of sp³-hybridized carbons (Fsp3) is 0.200. The molecule has 6 nitrogen and oxygen atoms in total. The van der Waals surface area contributed by atoms with E-state index in [2.05, 4.69) is 14.6 Å². The van der Waals surface area contributed by atoms with Crippen LogP contribution in [0.3, 0.4) is 0 Å². The van der Waals surface area contributed by atoms with Gasteiger partial charge in [0.2, 0.25) is 5.90 Å². The van der Waals surface area contributed by atoms with Crippen molar-refractivity contribution in [3.05, 3.63) is 46.6 Å². The quantitative estimate of drug-likeness (QED) is 0.640. The molecule has 1 aromatic heterocycles. The Morgan fingerprint density at radius 3 is 2.68 bits per heavy atom. The van der Waals surface area contributed by atoms with Gasteiger partial charge in [-0.25, -0.2) is 9.79 Å². The van der Waals surface area contributed by atoms with Gasteiger partial charge >= 0.3 is 5.97 Å².